The van der Waals surface area contributed by atoms with Gasteiger partial charge in [0.2, 0.25) is 0 Å². The van der Waals surface area contributed by atoms with Crippen LogP contribution in [0.5, 0.6) is 46.0 Å². The Morgan fingerprint density at radius 3 is 0.630 bits per heavy atom. The van der Waals surface area contributed by atoms with E-state index in [1.165, 1.54) is 0 Å². The molecule has 0 radical (unpaired) electrons. The summed E-state index contributed by atoms with van der Waals surface area (Å²) >= 11 is 0. The van der Waals surface area contributed by atoms with Gasteiger partial charge in [0.1, 0.15) is 72.4 Å². The van der Waals surface area contributed by atoms with Crippen molar-refractivity contribution in [2.75, 3.05) is 28.4 Å². The molecule has 12 aromatic carbocycles. The predicted octanol–water partition coefficient (Wildman–Crippen LogP) is 21.0. The highest BCUT2D eigenvalue weighted by atomic mass is 16.5. The van der Waals surface area contributed by atoms with Crippen LogP contribution in [0.4, 0.5) is 0 Å². The van der Waals surface area contributed by atoms with Crippen LogP contribution in [0.15, 0.2) is 267 Å². The number of fused-ring (bicyclic) bond motifs is 8. The summed E-state index contributed by atoms with van der Waals surface area (Å²) < 4.78 is 52.5. The second-order valence-electron chi connectivity index (χ2n) is 26.1. The van der Waals surface area contributed by atoms with Gasteiger partial charge in [0, 0.05) is 25.7 Å². The summed E-state index contributed by atoms with van der Waals surface area (Å²) in [4.78, 5) is 0. The lowest BCUT2D eigenvalue weighted by molar-refractivity contribution is 0.293. The van der Waals surface area contributed by atoms with Gasteiger partial charge in [-0.1, -0.05) is 170 Å². The summed E-state index contributed by atoms with van der Waals surface area (Å²) in [6.07, 6.45) is 7.93. The second kappa shape index (κ2) is 35.0. The molecule has 0 saturated heterocycles. The van der Waals surface area contributed by atoms with E-state index in [1.54, 1.807) is 28.4 Å². The molecule has 0 saturated carbocycles. The number of hydrogen-bond acceptors (Lipinski definition) is 12. The Morgan fingerprint density at radius 2 is 0.454 bits per heavy atom. The third kappa shape index (κ3) is 17.9. The Hall–Kier alpha value is -14.0. The fourth-order valence-corrected chi connectivity index (χ4v) is 13.5. The van der Waals surface area contributed by atoms with Gasteiger partial charge >= 0.3 is 0 Å². The average Bonchev–Trinajstić information content (AvgIpc) is 0.765. The van der Waals surface area contributed by atoms with Crippen molar-refractivity contribution in [3.8, 4) is 70.3 Å². The molecule has 0 N–H and O–H groups in total. The molecular formula is C96H76N4O8. The molecule has 1 aliphatic carbocycles. The van der Waals surface area contributed by atoms with Crippen LogP contribution in [-0.2, 0) is 52.1 Å². The van der Waals surface area contributed by atoms with Crippen LogP contribution in [0.3, 0.4) is 0 Å². The first kappa shape index (κ1) is 72.3. The minimum atomic E-state index is 0.126. The number of benzene rings is 12. The van der Waals surface area contributed by atoms with Crippen molar-refractivity contribution in [2.45, 2.75) is 52.1 Å². The number of nitrogens with zero attached hydrogens (tertiary/aromatic N) is 4. The van der Waals surface area contributed by atoms with Crippen LogP contribution >= 0.6 is 0 Å². The maximum Gasteiger partial charge on any atom is 0.126 e. The summed E-state index contributed by atoms with van der Waals surface area (Å²) in [7, 11) is 6.45. The Morgan fingerprint density at radius 1 is 0.259 bits per heavy atom. The van der Waals surface area contributed by atoms with E-state index in [0.717, 1.165) is 44.5 Å². The molecule has 12 heteroatoms. The second-order valence-corrected chi connectivity index (χ2v) is 26.1. The lowest BCUT2D eigenvalue weighted by atomic mass is 9.86. The van der Waals surface area contributed by atoms with Gasteiger partial charge in [0.15, 0.2) is 0 Å². The van der Waals surface area contributed by atoms with E-state index >= 15 is 0 Å². The normalized spacial score (nSPS) is 12.1. The van der Waals surface area contributed by atoms with Gasteiger partial charge in [-0.05, 0) is 233 Å². The van der Waals surface area contributed by atoms with E-state index in [2.05, 4.69) is 24.3 Å². The number of hydrogen-bond donors (Lipinski definition) is 0. The number of ether oxygens (including phenoxy) is 8. The largest absolute Gasteiger partial charge is 0.497 e. The molecule has 0 atom stereocenters. The van der Waals surface area contributed by atoms with E-state index in [-0.39, 0.29) is 52.1 Å². The lowest BCUT2D eigenvalue weighted by Gasteiger charge is -2.25. The summed E-state index contributed by atoms with van der Waals surface area (Å²) in [6.45, 7) is 0.610. The highest BCUT2D eigenvalue weighted by Crippen LogP contribution is 2.45. The van der Waals surface area contributed by atoms with E-state index < -0.39 is 0 Å². The molecule has 12 nitrogen and oxygen atoms in total. The fraction of sp³-hybridized carbons (Fsp3) is 0.125. The average molecular weight is 1410 g/mol. The van der Waals surface area contributed by atoms with Crippen molar-refractivity contribution in [2.24, 2.45) is 0 Å². The SMILES string of the molecule is COc1cccc(/C=C(\C#N)c2cc3c(OCc4ccccc4)c(c2)Cc2cc(/C(C#N)=C/c4cccc(OC)c4)cc(c2OCc2ccccc2)Cc2cc(/C(C#N)=C/c4cccc(OC)c4)cc(c2OCc2ccccc2)Cc2cc(/C(C#N)=C/c4cccc(OC)c4)cc(c2OCc2ccccc2)C3)c1. The van der Waals surface area contributed by atoms with Crippen molar-refractivity contribution in [3.63, 3.8) is 0 Å². The highest BCUT2D eigenvalue weighted by Gasteiger charge is 2.28. The summed E-state index contributed by atoms with van der Waals surface area (Å²) in [5, 5.41) is 46.5. The van der Waals surface area contributed by atoms with E-state index in [1.807, 2.05) is 291 Å². The molecule has 1 aliphatic rings. The van der Waals surface area contributed by atoms with Gasteiger partial charge in [0.05, 0.1) is 75.0 Å². The van der Waals surface area contributed by atoms with Gasteiger partial charge in [-0.2, -0.15) is 21.0 Å². The minimum Gasteiger partial charge on any atom is -0.497 e. The molecule has 0 fully saturated rings. The van der Waals surface area contributed by atoms with Gasteiger partial charge in [0.25, 0.3) is 0 Å². The van der Waals surface area contributed by atoms with Crippen LogP contribution < -0.4 is 37.9 Å². The smallest absolute Gasteiger partial charge is 0.126 e. The quantitative estimate of drug-likeness (QED) is 0.0415. The summed E-state index contributed by atoms with van der Waals surface area (Å²) in [5.74, 6) is 4.64. The van der Waals surface area contributed by atoms with E-state index in [4.69, 9.17) is 37.9 Å². The number of rotatable bonds is 24. The van der Waals surface area contributed by atoms with Crippen LogP contribution in [0, 0.1) is 45.3 Å². The van der Waals surface area contributed by atoms with Gasteiger partial charge in [-0.25, -0.2) is 0 Å². The van der Waals surface area contributed by atoms with E-state index in [9.17, 15) is 21.0 Å². The van der Waals surface area contributed by atoms with Crippen molar-refractivity contribution >= 4 is 46.6 Å². The first-order valence-electron chi connectivity index (χ1n) is 35.4. The first-order valence-corrected chi connectivity index (χ1v) is 35.4. The van der Waals surface area contributed by atoms with Crippen molar-refractivity contribution in [3.05, 3.63) is 378 Å². The van der Waals surface area contributed by atoms with Crippen molar-refractivity contribution in [1.82, 2.24) is 0 Å². The molecule has 0 aliphatic heterocycles. The molecule has 0 aromatic heterocycles. The lowest BCUT2D eigenvalue weighted by Crippen LogP contribution is -2.11. The van der Waals surface area contributed by atoms with Crippen molar-refractivity contribution in [1.29, 1.82) is 21.0 Å². The Labute approximate surface area is 631 Å². The molecule has 528 valence electrons. The minimum absolute atomic E-state index is 0.126. The third-order valence-corrected chi connectivity index (χ3v) is 18.7. The number of methoxy groups -OCH3 is 4. The fourth-order valence-electron chi connectivity index (χ4n) is 13.5. The number of nitriles is 4. The topological polar surface area (TPSA) is 169 Å². The molecule has 0 heterocycles. The Balaban J connectivity index is 1.18. The maximum atomic E-state index is 11.6. The first-order chi connectivity index (χ1) is 53.1. The molecule has 13 rings (SSSR count). The molecule has 0 unspecified atom stereocenters. The number of allylic oxidation sites excluding steroid dienone is 4. The van der Waals surface area contributed by atoms with Crippen LogP contribution in [0.2, 0.25) is 0 Å². The molecule has 8 bridgehead atoms. The standard InChI is InChI=1S/C96H76N4O8/c1-101-89-33-17-29-69(41-89)37-85(57-97)73-45-77-53-79-47-74(86(58-98)38-70-30-18-34-90(42-70)102-2)49-81(94(79)106-62-66-23-11-6-12-24-66)55-83-51-76(88(60-100)40-72-32-20-36-92(44-72)104-4)52-84(96(83)108-64-68-27-15-8-16-28-68)56-82-50-75(87(59-99)39-71-31-19-35-91(43-71)103-3)48-80(95(82)107-63-67-25-13-7-14-26-67)54-78(46-73)93(77)105-61-65-21-9-5-10-22-65/h5-52H,53-56,61-64H2,1-4H3/b85-37+,86-38+,87-39+,88-40+. The van der Waals surface area contributed by atoms with Gasteiger partial charge in [-0.15, -0.1) is 0 Å². The predicted molar refractivity (Wildman–Crippen MR) is 426 cm³/mol. The third-order valence-electron chi connectivity index (χ3n) is 18.7. The molecule has 108 heavy (non-hydrogen) atoms. The monoisotopic (exact) mass is 1410 g/mol. The Kier molecular flexibility index (Phi) is 23.4. The van der Waals surface area contributed by atoms with Crippen LogP contribution in [0.1, 0.15) is 111 Å². The van der Waals surface area contributed by atoms with Gasteiger partial charge in [-0.3, -0.25) is 0 Å². The summed E-state index contributed by atoms with van der Waals surface area (Å²) in [5.41, 5.74) is 15.9. The molecule has 0 spiro atoms. The maximum absolute atomic E-state index is 11.6. The van der Waals surface area contributed by atoms with Gasteiger partial charge < -0.3 is 37.9 Å². The molecular weight excluding hydrogens is 1340 g/mol. The van der Waals surface area contributed by atoms with Crippen LogP contribution in [-0.4, -0.2) is 28.4 Å². The Bertz CT molecular complexity index is 4780. The molecule has 0 amide bonds. The highest BCUT2D eigenvalue weighted by molar-refractivity contribution is 5.94. The summed E-state index contributed by atoms with van der Waals surface area (Å²) in [6, 6.07) is 96.8. The van der Waals surface area contributed by atoms with E-state index in [0.29, 0.717) is 135 Å². The molecule has 12 aromatic rings. The zero-order valence-corrected chi connectivity index (χ0v) is 60.4. The zero-order chi connectivity index (χ0) is 74.6. The van der Waals surface area contributed by atoms with Crippen LogP contribution in [0.25, 0.3) is 46.6 Å². The zero-order valence-electron chi connectivity index (χ0n) is 60.4. The van der Waals surface area contributed by atoms with Crippen molar-refractivity contribution < 1.29 is 37.9 Å².